The van der Waals surface area contributed by atoms with E-state index in [9.17, 15) is 19.8 Å². The molecule has 0 aromatic heterocycles. The van der Waals surface area contributed by atoms with Gasteiger partial charge in [-0.05, 0) is 97.0 Å². The average Bonchev–Trinajstić information content (AvgIpc) is 2.71. The Bertz CT molecular complexity index is 839. The lowest BCUT2D eigenvalue weighted by atomic mass is 9.65. The Labute approximate surface area is 193 Å². The molecule has 32 heavy (non-hydrogen) atoms. The molecule has 2 fully saturated rings. The number of carboxylic acid groups (broad SMARTS) is 2. The number of carboxylic acids is 2. The molecule has 2 saturated carbocycles. The van der Waals surface area contributed by atoms with Crippen molar-refractivity contribution in [2.75, 3.05) is 0 Å². The summed E-state index contributed by atoms with van der Waals surface area (Å²) in [5.74, 6) is -1.22. The van der Waals surface area contributed by atoms with Crippen molar-refractivity contribution in [1.29, 1.82) is 0 Å². The largest absolute Gasteiger partial charge is 0.545 e. The van der Waals surface area contributed by atoms with Gasteiger partial charge in [-0.25, -0.2) is 0 Å². The van der Waals surface area contributed by atoms with Crippen molar-refractivity contribution in [3.8, 4) is 0 Å². The van der Waals surface area contributed by atoms with Crippen molar-refractivity contribution < 1.29 is 19.8 Å². The number of carbonyl (C=O) groups excluding carboxylic acids is 2. The minimum Gasteiger partial charge on any atom is -0.545 e. The molecule has 0 unspecified atom stereocenters. The quantitative estimate of drug-likeness (QED) is 0.656. The van der Waals surface area contributed by atoms with E-state index in [1.807, 2.05) is 6.07 Å². The van der Waals surface area contributed by atoms with E-state index < -0.39 is 11.9 Å². The summed E-state index contributed by atoms with van der Waals surface area (Å²) in [4.78, 5) is 24.0. The molecule has 0 heterocycles. The van der Waals surface area contributed by atoms with Crippen LogP contribution in [0.5, 0.6) is 0 Å². The standard InChI is InChI=1S/C28H42O4/c1-27(2,3)19-11-7-17(8-12-19)21-15-16-22(25(29)30)24(26(31)32)23(21)18-9-13-20(14-10-18)28(4,5)6/h15-20H,7-14H2,1-6H3,(H,29,30)(H,31,32)/p-2. The average molecular weight is 441 g/mol. The van der Waals surface area contributed by atoms with Gasteiger partial charge in [0.1, 0.15) is 0 Å². The van der Waals surface area contributed by atoms with Gasteiger partial charge in [-0.3, -0.25) is 0 Å². The smallest absolute Gasteiger partial charge is 0.0724 e. The van der Waals surface area contributed by atoms with Crippen LogP contribution in [0.3, 0.4) is 0 Å². The first-order valence-corrected chi connectivity index (χ1v) is 12.4. The van der Waals surface area contributed by atoms with Crippen LogP contribution in [-0.4, -0.2) is 11.9 Å². The number of rotatable bonds is 4. The summed E-state index contributed by atoms with van der Waals surface area (Å²) in [7, 11) is 0. The lowest BCUT2D eigenvalue weighted by Gasteiger charge is -2.41. The van der Waals surface area contributed by atoms with Crippen LogP contribution in [0.25, 0.3) is 0 Å². The zero-order valence-corrected chi connectivity index (χ0v) is 20.8. The highest BCUT2D eigenvalue weighted by atomic mass is 16.4. The maximum absolute atomic E-state index is 12.2. The zero-order chi connectivity index (χ0) is 23.8. The Hall–Kier alpha value is -1.84. The Morgan fingerprint density at radius 1 is 0.688 bits per heavy atom. The lowest BCUT2D eigenvalue weighted by Crippen LogP contribution is -2.34. The van der Waals surface area contributed by atoms with Gasteiger partial charge in [0.05, 0.1) is 11.9 Å². The summed E-state index contributed by atoms with van der Waals surface area (Å²) in [6, 6.07) is 3.32. The number of carbonyl (C=O) groups is 2. The molecule has 178 valence electrons. The molecular formula is C28H40O4-2. The molecule has 0 bridgehead atoms. The van der Waals surface area contributed by atoms with Gasteiger partial charge < -0.3 is 19.8 Å². The van der Waals surface area contributed by atoms with Crippen LogP contribution in [-0.2, 0) is 0 Å². The maximum atomic E-state index is 12.2. The molecule has 4 heteroatoms. The first-order chi connectivity index (χ1) is 14.8. The van der Waals surface area contributed by atoms with E-state index in [2.05, 4.69) is 41.5 Å². The van der Waals surface area contributed by atoms with Crippen molar-refractivity contribution in [1.82, 2.24) is 0 Å². The molecule has 0 atom stereocenters. The van der Waals surface area contributed by atoms with E-state index in [1.54, 1.807) is 0 Å². The summed E-state index contributed by atoms with van der Waals surface area (Å²) in [5.41, 5.74) is 1.92. The van der Waals surface area contributed by atoms with Crippen molar-refractivity contribution in [2.24, 2.45) is 22.7 Å². The second kappa shape index (κ2) is 9.19. The summed E-state index contributed by atoms with van der Waals surface area (Å²) in [6.45, 7) is 13.7. The highest BCUT2D eigenvalue weighted by molar-refractivity contribution is 6.01. The summed E-state index contributed by atoms with van der Waals surface area (Å²) >= 11 is 0. The molecule has 0 N–H and O–H groups in total. The number of hydrogen-bond acceptors (Lipinski definition) is 4. The van der Waals surface area contributed by atoms with Gasteiger partial charge in [-0.1, -0.05) is 53.7 Å². The van der Waals surface area contributed by atoms with E-state index in [1.165, 1.54) is 6.07 Å². The molecule has 3 rings (SSSR count). The van der Waals surface area contributed by atoms with E-state index in [-0.39, 0.29) is 33.8 Å². The van der Waals surface area contributed by atoms with Crippen LogP contribution in [0.2, 0.25) is 0 Å². The first kappa shape index (κ1) is 24.8. The third-order valence-electron chi connectivity index (χ3n) is 8.46. The van der Waals surface area contributed by atoms with Gasteiger partial charge in [-0.15, -0.1) is 0 Å². The van der Waals surface area contributed by atoms with Crippen molar-refractivity contribution in [3.63, 3.8) is 0 Å². The number of hydrogen-bond donors (Lipinski definition) is 0. The van der Waals surface area contributed by atoms with Gasteiger partial charge >= 0.3 is 0 Å². The fourth-order valence-corrected chi connectivity index (χ4v) is 6.34. The van der Waals surface area contributed by atoms with Crippen molar-refractivity contribution in [2.45, 2.75) is 105 Å². The Morgan fingerprint density at radius 3 is 1.50 bits per heavy atom. The molecule has 0 radical (unpaired) electrons. The van der Waals surface area contributed by atoms with Crippen molar-refractivity contribution in [3.05, 3.63) is 34.4 Å². The number of benzene rings is 1. The van der Waals surface area contributed by atoms with Gasteiger partial charge in [0, 0.05) is 11.1 Å². The van der Waals surface area contributed by atoms with E-state index in [0.717, 1.165) is 62.5 Å². The molecule has 4 nitrogen and oxygen atoms in total. The second-order valence-corrected chi connectivity index (χ2v) is 12.4. The predicted molar refractivity (Wildman–Crippen MR) is 123 cm³/mol. The SMILES string of the molecule is CC(C)(C)C1CCC(c2ccc(C(=O)[O-])c(C(=O)[O-])c2C2CCC(C(C)(C)C)CC2)CC1. The predicted octanol–water partition coefficient (Wildman–Crippen LogP) is 5.05. The van der Waals surface area contributed by atoms with Crippen LogP contribution in [0.1, 0.15) is 137 Å². The normalized spacial score (nSPS) is 27.2. The minimum atomic E-state index is -1.43. The second-order valence-electron chi connectivity index (χ2n) is 12.4. The van der Waals surface area contributed by atoms with Crippen LogP contribution < -0.4 is 10.2 Å². The topological polar surface area (TPSA) is 80.3 Å². The summed E-state index contributed by atoms with van der Waals surface area (Å²) in [6.07, 6.45) is 8.12. The molecule has 0 spiro atoms. The van der Waals surface area contributed by atoms with E-state index in [0.29, 0.717) is 11.8 Å². The van der Waals surface area contributed by atoms with Gasteiger partial charge in [-0.2, -0.15) is 0 Å². The fourth-order valence-electron chi connectivity index (χ4n) is 6.34. The molecule has 2 aliphatic rings. The Balaban J connectivity index is 1.99. The van der Waals surface area contributed by atoms with Crippen LogP contribution in [0.4, 0.5) is 0 Å². The molecular weight excluding hydrogens is 400 g/mol. The number of aromatic carboxylic acids is 2. The molecule has 0 aliphatic heterocycles. The van der Waals surface area contributed by atoms with Crippen LogP contribution in [0.15, 0.2) is 12.1 Å². The highest BCUT2D eigenvalue weighted by Crippen LogP contribution is 2.49. The van der Waals surface area contributed by atoms with Gasteiger partial charge in [0.25, 0.3) is 0 Å². The third kappa shape index (κ3) is 5.21. The Kier molecular flexibility index (Phi) is 7.12. The summed E-state index contributed by atoms with van der Waals surface area (Å²) in [5, 5.41) is 24.0. The molecule has 0 saturated heterocycles. The highest BCUT2D eigenvalue weighted by Gasteiger charge is 2.35. The molecule has 2 aliphatic carbocycles. The zero-order valence-electron chi connectivity index (χ0n) is 20.8. The van der Waals surface area contributed by atoms with Crippen molar-refractivity contribution >= 4 is 11.9 Å². The van der Waals surface area contributed by atoms with Gasteiger partial charge in [0.15, 0.2) is 0 Å². The van der Waals surface area contributed by atoms with Crippen LogP contribution >= 0.6 is 0 Å². The fraction of sp³-hybridized carbons (Fsp3) is 0.714. The van der Waals surface area contributed by atoms with Crippen LogP contribution in [0, 0.1) is 22.7 Å². The van der Waals surface area contributed by atoms with Gasteiger partial charge in [0.2, 0.25) is 0 Å². The minimum absolute atomic E-state index is 0.0659. The summed E-state index contributed by atoms with van der Waals surface area (Å²) < 4.78 is 0. The molecule has 0 amide bonds. The molecule has 1 aromatic rings. The third-order valence-corrected chi connectivity index (χ3v) is 8.46. The van der Waals surface area contributed by atoms with E-state index >= 15 is 0 Å². The Morgan fingerprint density at radius 2 is 1.12 bits per heavy atom. The monoisotopic (exact) mass is 440 g/mol. The first-order valence-electron chi connectivity index (χ1n) is 12.4. The lowest BCUT2D eigenvalue weighted by molar-refractivity contribution is -0.259. The molecule has 1 aromatic carbocycles. The maximum Gasteiger partial charge on any atom is 0.0724 e. The van der Waals surface area contributed by atoms with E-state index in [4.69, 9.17) is 0 Å².